The molecule has 1 heterocycles. The molecule has 0 amide bonds. The molecule has 5 aromatic carbocycles. The van der Waals surface area contributed by atoms with Gasteiger partial charge >= 0.3 is 0 Å². The fourth-order valence-electron chi connectivity index (χ4n) is 5.55. The fourth-order valence-corrected chi connectivity index (χ4v) is 5.55. The monoisotopic (exact) mass is 420 g/mol. The van der Waals surface area contributed by atoms with Crippen LogP contribution >= 0.6 is 0 Å². The molecule has 4 nitrogen and oxygen atoms in total. The zero-order valence-electron chi connectivity index (χ0n) is 18.3. The van der Waals surface area contributed by atoms with Gasteiger partial charge in [0.1, 0.15) is 0 Å². The standard InChI is InChI=1S/C28H24N2O2/c1-16(31)18-6-8-22-20-4-3-5-24-25(30-14-12-29-13-15-30)11-10-21(26(20)24)23-9-7-19(17(2)32)27(18)28(22)23/h3-11,29H,12-15H2,1-2H3. The first-order chi connectivity index (χ1) is 15.6. The summed E-state index contributed by atoms with van der Waals surface area (Å²) in [5.41, 5.74) is 2.50. The first kappa shape index (κ1) is 19.2. The number of nitrogens with one attached hydrogen (secondary N) is 1. The SMILES string of the molecule is CC(=O)c1ccc2c3cccc4c(N5CCNCC5)ccc(c5ccc(C(C)=O)c1c25)c43. The van der Waals surface area contributed by atoms with Crippen molar-refractivity contribution in [3.05, 3.63) is 65.7 Å². The Labute approximate surface area is 186 Å². The molecule has 1 aliphatic heterocycles. The van der Waals surface area contributed by atoms with Crippen LogP contribution in [0.3, 0.4) is 0 Å². The second-order valence-corrected chi connectivity index (χ2v) is 8.78. The number of piperazine rings is 1. The molecule has 0 saturated carbocycles. The Hall–Kier alpha value is -3.50. The van der Waals surface area contributed by atoms with E-state index in [1.807, 2.05) is 12.1 Å². The predicted molar refractivity (Wildman–Crippen MR) is 133 cm³/mol. The number of benzene rings is 5. The molecule has 5 aromatic rings. The van der Waals surface area contributed by atoms with Crippen LogP contribution in [0.4, 0.5) is 5.69 Å². The van der Waals surface area contributed by atoms with Gasteiger partial charge in [0.15, 0.2) is 11.6 Å². The molecule has 0 unspecified atom stereocenters. The van der Waals surface area contributed by atoms with E-state index in [9.17, 15) is 9.59 Å². The zero-order chi connectivity index (χ0) is 22.0. The number of rotatable bonds is 3. The average molecular weight is 421 g/mol. The van der Waals surface area contributed by atoms with Crippen LogP contribution in [0, 0.1) is 0 Å². The quantitative estimate of drug-likeness (QED) is 0.236. The van der Waals surface area contributed by atoms with Gasteiger partial charge in [-0.3, -0.25) is 9.59 Å². The van der Waals surface area contributed by atoms with Gasteiger partial charge in [-0.2, -0.15) is 0 Å². The maximum Gasteiger partial charge on any atom is 0.160 e. The van der Waals surface area contributed by atoms with Gasteiger partial charge in [0, 0.05) is 53.8 Å². The summed E-state index contributed by atoms with van der Waals surface area (Å²) in [6.45, 7) is 7.12. The van der Waals surface area contributed by atoms with Gasteiger partial charge in [-0.25, -0.2) is 0 Å². The van der Waals surface area contributed by atoms with Crippen LogP contribution in [0.15, 0.2) is 54.6 Å². The van der Waals surface area contributed by atoms with Crippen LogP contribution in [0.1, 0.15) is 34.6 Å². The molecule has 1 N–H and O–H groups in total. The van der Waals surface area contributed by atoms with Crippen molar-refractivity contribution in [2.75, 3.05) is 31.1 Å². The smallest absolute Gasteiger partial charge is 0.160 e. The number of nitrogens with zero attached hydrogens (tertiary/aromatic N) is 1. The molecular weight excluding hydrogens is 396 g/mol. The van der Waals surface area contributed by atoms with Crippen LogP contribution in [0.25, 0.3) is 43.1 Å². The van der Waals surface area contributed by atoms with Crippen molar-refractivity contribution in [2.24, 2.45) is 0 Å². The molecule has 1 fully saturated rings. The van der Waals surface area contributed by atoms with Gasteiger partial charge < -0.3 is 10.2 Å². The highest BCUT2D eigenvalue weighted by atomic mass is 16.1. The Balaban J connectivity index is 1.81. The molecule has 0 aromatic heterocycles. The topological polar surface area (TPSA) is 49.4 Å². The number of carbonyl (C=O) groups excluding carboxylic acids is 2. The lowest BCUT2D eigenvalue weighted by Crippen LogP contribution is -2.43. The third-order valence-electron chi connectivity index (χ3n) is 6.97. The van der Waals surface area contributed by atoms with Crippen LogP contribution < -0.4 is 10.2 Å². The highest BCUT2D eigenvalue weighted by Gasteiger charge is 2.21. The molecule has 0 spiro atoms. The van der Waals surface area contributed by atoms with Crippen molar-refractivity contribution < 1.29 is 9.59 Å². The van der Waals surface area contributed by atoms with Crippen molar-refractivity contribution in [3.8, 4) is 0 Å². The Morgan fingerprint density at radius 3 is 1.81 bits per heavy atom. The average Bonchev–Trinajstić information content (AvgIpc) is 2.81. The van der Waals surface area contributed by atoms with Gasteiger partial charge in [0.05, 0.1) is 0 Å². The Morgan fingerprint density at radius 2 is 1.19 bits per heavy atom. The summed E-state index contributed by atoms with van der Waals surface area (Å²) in [5, 5.41) is 12.3. The number of hydrogen-bond acceptors (Lipinski definition) is 4. The van der Waals surface area contributed by atoms with Crippen molar-refractivity contribution in [3.63, 3.8) is 0 Å². The molecule has 1 saturated heterocycles. The summed E-state index contributed by atoms with van der Waals surface area (Å²) in [7, 11) is 0. The van der Waals surface area contributed by atoms with Crippen molar-refractivity contribution in [1.82, 2.24) is 5.32 Å². The van der Waals surface area contributed by atoms with E-state index < -0.39 is 0 Å². The molecule has 0 atom stereocenters. The largest absolute Gasteiger partial charge is 0.368 e. The summed E-state index contributed by atoms with van der Waals surface area (Å²) in [6.07, 6.45) is 0. The van der Waals surface area contributed by atoms with Crippen LogP contribution in [0.5, 0.6) is 0 Å². The van der Waals surface area contributed by atoms with Crippen LogP contribution in [-0.2, 0) is 0 Å². The Morgan fingerprint density at radius 1 is 0.656 bits per heavy atom. The number of carbonyl (C=O) groups is 2. The van der Waals surface area contributed by atoms with E-state index in [-0.39, 0.29) is 11.6 Å². The fraction of sp³-hybridized carbons (Fsp3) is 0.214. The highest BCUT2D eigenvalue weighted by molar-refractivity contribution is 6.37. The number of ketones is 2. The lowest BCUT2D eigenvalue weighted by atomic mass is 9.85. The van der Waals surface area contributed by atoms with E-state index in [4.69, 9.17) is 0 Å². The molecule has 0 radical (unpaired) electrons. The van der Waals surface area contributed by atoms with E-state index >= 15 is 0 Å². The summed E-state index contributed by atoms with van der Waals surface area (Å²) in [5.74, 6) is -0.0384. The third kappa shape index (κ3) is 2.59. The van der Waals surface area contributed by atoms with E-state index in [0.717, 1.165) is 47.7 Å². The van der Waals surface area contributed by atoms with E-state index in [1.54, 1.807) is 13.8 Å². The minimum absolute atomic E-state index is 0.0192. The first-order valence-corrected chi connectivity index (χ1v) is 11.2. The van der Waals surface area contributed by atoms with Crippen molar-refractivity contribution >= 4 is 60.3 Å². The second kappa shape index (κ2) is 7.01. The molecular formula is C28H24N2O2. The Kier molecular flexibility index (Phi) is 4.21. The lowest BCUT2D eigenvalue weighted by molar-refractivity contribution is 0.101. The van der Waals surface area contributed by atoms with Gasteiger partial charge in [-0.15, -0.1) is 0 Å². The van der Waals surface area contributed by atoms with E-state index in [2.05, 4.69) is 52.7 Å². The zero-order valence-corrected chi connectivity index (χ0v) is 18.3. The molecule has 4 heteroatoms. The van der Waals surface area contributed by atoms with Gasteiger partial charge in [0.25, 0.3) is 0 Å². The maximum atomic E-state index is 12.5. The summed E-state index contributed by atoms with van der Waals surface area (Å²) < 4.78 is 0. The minimum atomic E-state index is -0.0192. The van der Waals surface area contributed by atoms with Crippen LogP contribution in [-0.4, -0.2) is 37.7 Å². The Bertz CT molecular complexity index is 1490. The lowest BCUT2D eigenvalue weighted by Gasteiger charge is -2.31. The summed E-state index contributed by atoms with van der Waals surface area (Å²) >= 11 is 0. The summed E-state index contributed by atoms with van der Waals surface area (Å²) in [6, 6.07) is 18.8. The minimum Gasteiger partial charge on any atom is -0.368 e. The molecule has 158 valence electrons. The number of Topliss-reactive ketones (excluding diaryl/α,β-unsaturated/α-hetero) is 2. The maximum absolute atomic E-state index is 12.5. The molecule has 0 aliphatic carbocycles. The van der Waals surface area contributed by atoms with Crippen molar-refractivity contribution in [2.45, 2.75) is 13.8 Å². The van der Waals surface area contributed by atoms with Crippen molar-refractivity contribution in [1.29, 1.82) is 0 Å². The second-order valence-electron chi connectivity index (χ2n) is 8.78. The van der Waals surface area contributed by atoms with Crippen LogP contribution in [0.2, 0.25) is 0 Å². The highest BCUT2D eigenvalue weighted by Crippen LogP contribution is 2.44. The molecule has 0 bridgehead atoms. The van der Waals surface area contributed by atoms with E-state index in [0.29, 0.717) is 11.1 Å². The first-order valence-electron chi connectivity index (χ1n) is 11.2. The molecule has 1 aliphatic rings. The van der Waals surface area contributed by atoms with Gasteiger partial charge in [-0.1, -0.05) is 48.5 Å². The van der Waals surface area contributed by atoms with Gasteiger partial charge in [0.2, 0.25) is 0 Å². The third-order valence-corrected chi connectivity index (χ3v) is 6.97. The number of hydrogen-bond donors (Lipinski definition) is 1. The van der Waals surface area contributed by atoms with E-state index in [1.165, 1.54) is 27.2 Å². The summed E-state index contributed by atoms with van der Waals surface area (Å²) in [4.78, 5) is 27.5. The number of anilines is 1. The molecule has 6 rings (SSSR count). The number of fused-ring (bicyclic) bond motifs is 2. The normalized spacial score (nSPS) is 14.8. The predicted octanol–water partition coefficient (Wildman–Crippen LogP) is 5.55. The van der Waals surface area contributed by atoms with Gasteiger partial charge in [-0.05, 0) is 52.2 Å². The molecule has 32 heavy (non-hydrogen) atoms.